The summed E-state index contributed by atoms with van der Waals surface area (Å²) in [5, 5.41) is 5.62. The number of sulfonamides is 1. The van der Waals surface area contributed by atoms with Crippen LogP contribution in [-0.4, -0.2) is 31.9 Å². The zero-order valence-electron chi connectivity index (χ0n) is 15.2. The van der Waals surface area contributed by atoms with Gasteiger partial charge in [-0.25, -0.2) is 18.1 Å². The Kier molecular flexibility index (Phi) is 7.76. The van der Waals surface area contributed by atoms with Crippen LogP contribution in [0.25, 0.3) is 0 Å². The first-order valence-electron chi connectivity index (χ1n) is 8.58. The molecule has 0 aliphatic carbocycles. The average Bonchev–Trinajstić information content (AvgIpc) is 2.62. The van der Waals surface area contributed by atoms with E-state index in [2.05, 4.69) is 36.3 Å². The molecular weight excluding hydrogens is 432 g/mol. The fraction of sp³-hybridized carbons (Fsp3) is 0.333. The van der Waals surface area contributed by atoms with Crippen LogP contribution in [0.2, 0.25) is 0 Å². The van der Waals surface area contributed by atoms with Crippen molar-refractivity contribution in [3.63, 3.8) is 0 Å². The van der Waals surface area contributed by atoms with Gasteiger partial charge in [-0.15, -0.1) is 0 Å². The van der Waals surface area contributed by atoms with Crippen LogP contribution in [0.15, 0.2) is 52.0 Å². The molecule has 0 radical (unpaired) electrons. The molecule has 1 heterocycles. The predicted molar refractivity (Wildman–Crippen MR) is 110 cm³/mol. The molecule has 1 unspecified atom stereocenters. The zero-order valence-corrected chi connectivity index (χ0v) is 17.6. The summed E-state index contributed by atoms with van der Waals surface area (Å²) in [5.41, 5.74) is 0.687. The summed E-state index contributed by atoms with van der Waals surface area (Å²) < 4.78 is 28.1. The van der Waals surface area contributed by atoms with Gasteiger partial charge in [0.15, 0.2) is 0 Å². The number of amides is 1. The number of carbonyl (C=O) groups excluding carboxylic acids is 1. The molecule has 0 spiro atoms. The van der Waals surface area contributed by atoms with Gasteiger partial charge in [-0.2, -0.15) is 0 Å². The van der Waals surface area contributed by atoms with Crippen LogP contribution >= 0.6 is 15.9 Å². The van der Waals surface area contributed by atoms with Gasteiger partial charge < -0.3 is 10.6 Å². The van der Waals surface area contributed by atoms with Crippen LogP contribution in [0.3, 0.4) is 0 Å². The third kappa shape index (κ3) is 6.93. The summed E-state index contributed by atoms with van der Waals surface area (Å²) in [6, 6.07) is 10.1. The summed E-state index contributed by atoms with van der Waals surface area (Å²) in [4.78, 5) is 16.1. The van der Waals surface area contributed by atoms with E-state index in [0.717, 1.165) is 17.3 Å². The van der Waals surface area contributed by atoms with Gasteiger partial charge in [0.25, 0.3) is 0 Å². The van der Waals surface area contributed by atoms with Gasteiger partial charge in [-0.05, 0) is 49.7 Å². The minimum atomic E-state index is -3.60. The van der Waals surface area contributed by atoms with Crippen LogP contribution < -0.4 is 15.4 Å². The first kappa shape index (κ1) is 21.3. The molecule has 0 aliphatic heterocycles. The molecule has 2 aromatic rings. The molecule has 0 saturated heterocycles. The highest BCUT2D eigenvalue weighted by molar-refractivity contribution is 9.10. The fourth-order valence-electron chi connectivity index (χ4n) is 2.38. The van der Waals surface area contributed by atoms with E-state index in [1.807, 2.05) is 26.0 Å². The lowest BCUT2D eigenvalue weighted by Crippen LogP contribution is -2.32. The van der Waals surface area contributed by atoms with Gasteiger partial charge in [-0.3, -0.25) is 4.79 Å². The number of aromatic nitrogens is 1. The van der Waals surface area contributed by atoms with E-state index in [1.54, 1.807) is 12.1 Å². The number of halogens is 1. The summed E-state index contributed by atoms with van der Waals surface area (Å²) in [5.74, 6) is 0.187. The number of carbonyl (C=O) groups is 1. The standard InChI is InChI=1S/C18H23BrN4O3S/c1-3-4-13(2)23-27(25,26)16-9-10-17(20-11-16)21-12-18(24)22-15-7-5-14(19)6-8-15/h5-11,13,23H,3-4,12H2,1-2H3,(H,20,21)(H,22,24). The van der Waals surface area contributed by atoms with Crippen molar-refractivity contribution in [2.24, 2.45) is 0 Å². The Balaban J connectivity index is 1.89. The van der Waals surface area contributed by atoms with Crippen molar-refractivity contribution in [3.05, 3.63) is 47.1 Å². The van der Waals surface area contributed by atoms with Crippen LogP contribution in [0.1, 0.15) is 26.7 Å². The first-order chi connectivity index (χ1) is 12.8. The smallest absolute Gasteiger partial charge is 0.243 e. The van der Waals surface area contributed by atoms with Gasteiger partial charge in [0, 0.05) is 22.4 Å². The zero-order chi connectivity index (χ0) is 19.9. The number of hydrogen-bond donors (Lipinski definition) is 3. The molecule has 1 atom stereocenters. The third-order valence-corrected chi connectivity index (χ3v) is 5.79. The molecule has 1 amide bonds. The van der Waals surface area contributed by atoms with Crippen LogP contribution in [0, 0.1) is 0 Å². The molecule has 1 aromatic heterocycles. The molecule has 9 heteroatoms. The van der Waals surface area contributed by atoms with E-state index >= 15 is 0 Å². The Morgan fingerprint density at radius 1 is 1.19 bits per heavy atom. The lowest BCUT2D eigenvalue weighted by atomic mass is 10.2. The molecule has 7 nitrogen and oxygen atoms in total. The molecule has 0 aliphatic rings. The molecule has 2 rings (SSSR count). The number of benzene rings is 1. The summed E-state index contributed by atoms with van der Waals surface area (Å²) in [6.45, 7) is 3.84. The number of rotatable bonds is 9. The van der Waals surface area contributed by atoms with Crippen LogP contribution in [0.4, 0.5) is 11.5 Å². The molecule has 0 fully saturated rings. The van der Waals surface area contributed by atoms with Crippen molar-refractivity contribution in [1.82, 2.24) is 9.71 Å². The van der Waals surface area contributed by atoms with E-state index in [0.29, 0.717) is 11.5 Å². The number of anilines is 2. The summed E-state index contributed by atoms with van der Waals surface area (Å²) in [6.07, 6.45) is 2.93. The van der Waals surface area contributed by atoms with Crippen molar-refractivity contribution >= 4 is 43.4 Å². The Morgan fingerprint density at radius 3 is 2.48 bits per heavy atom. The SMILES string of the molecule is CCCC(C)NS(=O)(=O)c1ccc(NCC(=O)Nc2ccc(Br)cc2)nc1. The fourth-order valence-corrected chi connectivity index (χ4v) is 3.86. The third-order valence-electron chi connectivity index (χ3n) is 3.68. The van der Waals surface area contributed by atoms with Crippen molar-refractivity contribution in [3.8, 4) is 0 Å². The largest absolute Gasteiger partial charge is 0.361 e. The lowest BCUT2D eigenvalue weighted by molar-refractivity contribution is -0.114. The van der Waals surface area contributed by atoms with E-state index in [9.17, 15) is 13.2 Å². The monoisotopic (exact) mass is 454 g/mol. The minimum absolute atomic E-state index is 0.0148. The number of nitrogens with zero attached hydrogens (tertiary/aromatic N) is 1. The van der Waals surface area contributed by atoms with E-state index < -0.39 is 10.0 Å². The van der Waals surface area contributed by atoms with E-state index in [1.165, 1.54) is 18.3 Å². The van der Waals surface area contributed by atoms with Gasteiger partial charge in [0.05, 0.1) is 6.54 Å². The molecule has 27 heavy (non-hydrogen) atoms. The summed E-state index contributed by atoms with van der Waals surface area (Å²) >= 11 is 3.33. The maximum Gasteiger partial charge on any atom is 0.243 e. The predicted octanol–water partition coefficient (Wildman–Crippen LogP) is 3.36. The first-order valence-corrected chi connectivity index (χ1v) is 10.9. The number of pyridine rings is 1. The van der Waals surface area contributed by atoms with Crippen LogP contribution in [0.5, 0.6) is 0 Å². The lowest BCUT2D eigenvalue weighted by Gasteiger charge is -2.13. The Hall–Kier alpha value is -1.97. The van der Waals surface area contributed by atoms with Crippen LogP contribution in [-0.2, 0) is 14.8 Å². The van der Waals surface area contributed by atoms with Crippen molar-refractivity contribution < 1.29 is 13.2 Å². The molecule has 146 valence electrons. The van der Waals surface area contributed by atoms with Gasteiger partial charge in [0.1, 0.15) is 10.7 Å². The number of nitrogens with one attached hydrogen (secondary N) is 3. The van der Waals surface area contributed by atoms with E-state index in [-0.39, 0.29) is 23.4 Å². The molecule has 0 saturated carbocycles. The normalized spacial score (nSPS) is 12.4. The average molecular weight is 455 g/mol. The second kappa shape index (κ2) is 9.82. The topological polar surface area (TPSA) is 100 Å². The van der Waals surface area contributed by atoms with E-state index in [4.69, 9.17) is 0 Å². The summed E-state index contributed by atoms with van der Waals surface area (Å²) in [7, 11) is -3.60. The Labute approximate surface area is 168 Å². The number of hydrogen-bond acceptors (Lipinski definition) is 5. The maximum absolute atomic E-state index is 12.3. The molecular formula is C18H23BrN4O3S. The highest BCUT2D eigenvalue weighted by Crippen LogP contribution is 2.14. The van der Waals surface area contributed by atoms with Crippen molar-refractivity contribution in [2.45, 2.75) is 37.6 Å². The second-order valence-corrected chi connectivity index (χ2v) is 8.73. The second-order valence-electron chi connectivity index (χ2n) is 6.10. The van der Waals surface area contributed by atoms with Crippen molar-refractivity contribution in [2.75, 3.05) is 17.2 Å². The van der Waals surface area contributed by atoms with Gasteiger partial charge in [-0.1, -0.05) is 29.3 Å². The molecule has 0 bridgehead atoms. The quantitative estimate of drug-likeness (QED) is 0.539. The Bertz CT molecular complexity index is 855. The minimum Gasteiger partial charge on any atom is -0.361 e. The molecule has 1 aromatic carbocycles. The maximum atomic E-state index is 12.3. The Morgan fingerprint density at radius 2 is 1.89 bits per heavy atom. The molecule has 3 N–H and O–H groups in total. The van der Waals surface area contributed by atoms with Gasteiger partial charge >= 0.3 is 0 Å². The van der Waals surface area contributed by atoms with Gasteiger partial charge in [0.2, 0.25) is 15.9 Å². The highest BCUT2D eigenvalue weighted by Gasteiger charge is 2.17. The van der Waals surface area contributed by atoms with Crippen molar-refractivity contribution in [1.29, 1.82) is 0 Å². The highest BCUT2D eigenvalue weighted by atomic mass is 79.9.